The van der Waals surface area contributed by atoms with Crippen LogP contribution in [0.25, 0.3) is 4.96 Å². The summed E-state index contributed by atoms with van der Waals surface area (Å²) in [5, 5.41) is 5.64. The summed E-state index contributed by atoms with van der Waals surface area (Å²) in [6.07, 6.45) is 9.82. The van der Waals surface area contributed by atoms with Crippen molar-refractivity contribution in [2.24, 2.45) is 11.8 Å². The minimum Gasteiger partial charge on any atom is -0.311 e. The molecule has 1 fully saturated rings. The molecular weight excluding hydrogens is 242 g/mol. The van der Waals surface area contributed by atoms with E-state index in [9.17, 15) is 0 Å². The van der Waals surface area contributed by atoms with Gasteiger partial charge in [-0.3, -0.25) is 4.40 Å². The predicted molar refractivity (Wildman–Crippen MR) is 75.9 cm³/mol. The molecule has 0 radical (unpaired) electrons. The van der Waals surface area contributed by atoms with Crippen LogP contribution in [0.4, 0.5) is 0 Å². The second kappa shape index (κ2) is 5.41. The lowest BCUT2D eigenvalue weighted by molar-refractivity contribution is 0.274. The molecule has 1 aliphatic carbocycles. The highest BCUT2D eigenvalue weighted by Gasteiger charge is 2.18. The van der Waals surface area contributed by atoms with Gasteiger partial charge in [-0.05, 0) is 31.2 Å². The molecule has 1 N–H and O–H groups in total. The fraction of sp³-hybridized carbons (Fsp3) is 0.643. The third kappa shape index (κ3) is 2.75. The molecule has 2 aromatic rings. The number of nitrogens with one attached hydrogen (secondary N) is 1. The number of thiazole rings is 1. The van der Waals surface area contributed by atoms with E-state index in [1.165, 1.54) is 25.7 Å². The number of hydrogen-bond donors (Lipinski definition) is 1. The topological polar surface area (TPSA) is 29.3 Å². The highest BCUT2D eigenvalue weighted by Crippen LogP contribution is 2.27. The Kier molecular flexibility index (Phi) is 3.66. The molecule has 0 amide bonds. The number of hydrogen-bond acceptors (Lipinski definition) is 3. The van der Waals surface area contributed by atoms with Crippen LogP contribution in [0.15, 0.2) is 17.8 Å². The van der Waals surface area contributed by atoms with Crippen molar-refractivity contribution in [3.63, 3.8) is 0 Å². The zero-order valence-corrected chi connectivity index (χ0v) is 11.7. The molecule has 2 aromatic heterocycles. The van der Waals surface area contributed by atoms with Gasteiger partial charge >= 0.3 is 0 Å². The molecular formula is C14H21N3S. The van der Waals surface area contributed by atoms with Crippen molar-refractivity contribution in [1.29, 1.82) is 0 Å². The maximum Gasteiger partial charge on any atom is 0.193 e. The molecule has 0 bridgehead atoms. The van der Waals surface area contributed by atoms with Crippen molar-refractivity contribution in [2.45, 2.75) is 39.2 Å². The molecule has 3 nitrogen and oxygen atoms in total. The summed E-state index contributed by atoms with van der Waals surface area (Å²) < 4.78 is 2.10. The molecule has 2 heterocycles. The van der Waals surface area contributed by atoms with Crippen molar-refractivity contribution in [3.8, 4) is 0 Å². The molecule has 4 heteroatoms. The van der Waals surface area contributed by atoms with Gasteiger partial charge in [-0.15, -0.1) is 11.3 Å². The zero-order valence-electron chi connectivity index (χ0n) is 10.9. The first-order valence-corrected chi connectivity index (χ1v) is 7.81. The van der Waals surface area contributed by atoms with E-state index in [1.807, 2.05) is 0 Å². The Morgan fingerprint density at radius 2 is 2.44 bits per heavy atom. The quantitative estimate of drug-likeness (QED) is 0.917. The average Bonchev–Trinajstić information content (AvgIpc) is 2.89. The van der Waals surface area contributed by atoms with Crippen molar-refractivity contribution in [3.05, 3.63) is 23.5 Å². The summed E-state index contributed by atoms with van der Waals surface area (Å²) in [6.45, 7) is 4.43. The number of rotatable bonds is 4. The summed E-state index contributed by atoms with van der Waals surface area (Å²) >= 11 is 1.69. The molecule has 1 aliphatic rings. The summed E-state index contributed by atoms with van der Waals surface area (Å²) in [5.74, 6) is 1.79. The van der Waals surface area contributed by atoms with Gasteiger partial charge in [-0.2, -0.15) is 0 Å². The van der Waals surface area contributed by atoms with E-state index < -0.39 is 0 Å². The largest absolute Gasteiger partial charge is 0.311 e. The van der Waals surface area contributed by atoms with Crippen molar-refractivity contribution in [2.75, 3.05) is 6.54 Å². The number of aromatic nitrogens is 2. The lowest BCUT2D eigenvalue weighted by atomic mass is 9.82. The van der Waals surface area contributed by atoms with Gasteiger partial charge in [0.2, 0.25) is 0 Å². The first kappa shape index (κ1) is 12.2. The summed E-state index contributed by atoms with van der Waals surface area (Å²) in [7, 11) is 0. The van der Waals surface area contributed by atoms with E-state index in [0.717, 1.165) is 35.6 Å². The van der Waals surface area contributed by atoms with Gasteiger partial charge in [0.1, 0.15) is 0 Å². The maximum absolute atomic E-state index is 4.59. The Morgan fingerprint density at radius 3 is 3.28 bits per heavy atom. The third-order valence-corrected chi connectivity index (χ3v) is 4.70. The lowest BCUT2D eigenvalue weighted by Gasteiger charge is -2.26. The van der Waals surface area contributed by atoms with Gasteiger partial charge < -0.3 is 5.32 Å². The lowest BCUT2D eigenvalue weighted by Crippen LogP contribution is -2.26. The van der Waals surface area contributed by atoms with Crippen LogP contribution in [0.3, 0.4) is 0 Å². The Morgan fingerprint density at radius 1 is 1.50 bits per heavy atom. The minimum atomic E-state index is 0.873. The molecule has 0 aliphatic heterocycles. The van der Waals surface area contributed by atoms with Gasteiger partial charge in [0.15, 0.2) is 4.96 Å². The fourth-order valence-electron chi connectivity index (χ4n) is 3.01. The minimum absolute atomic E-state index is 0.873. The van der Waals surface area contributed by atoms with Crippen LogP contribution < -0.4 is 5.32 Å². The molecule has 3 rings (SSSR count). The predicted octanol–water partition coefficient (Wildman–Crippen LogP) is 3.31. The van der Waals surface area contributed by atoms with Gasteiger partial charge in [-0.1, -0.05) is 19.8 Å². The van der Waals surface area contributed by atoms with Gasteiger partial charge in [0.25, 0.3) is 0 Å². The highest BCUT2D eigenvalue weighted by atomic mass is 32.1. The maximum atomic E-state index is 4.59. The van der Waals surface area contributed by atoms with Crippen molar-refractivity contribution >= 4 is 16.3 Å². The molecule has 1 saturated carbocycles. The van der Waals surface area contributed by atoms with Gasteiger partial charge in [-0.25, -0.2) is 4.98 Å². The number of imidazole rings is 1. The Labute approximate surface area is 112 Å². The van der Waals surface area contributed by atoms with Gasteiger partial charge in [0, 0.05) is 24.3 Å². The van der Waals surface area contributed by atoms with Crippen LogP contribution in [-0.4, -0.2) is 15.9 Å². The standard InChI is InChI=1S/C14H21N3S/c1-11-3-2-4-12(7-11)8-15-9-13-10-17-5-6-18-14(17)16-13/h5-6,10-12,15H,2-4,7-9H2,1H3. The molecule has 98 valence electrons. The van der Waals surface area contributed by atoms with E-state index in [2.05, 4.69) is 39.4 Å². The number of fused-ring (bicyclic) bond motifs is 1. The van der Waals surface area contributed by atoms with E-state index in [-0.39, 0.29) is 0 Å². The Balaban J connectivity index is 1.48. The van der Waals surface area contributed by atoms with Crippen LogP contribution in [0.5, 0.6) is 0 Å². The molecule has 0 spiro atoms. The van der Waals surface area contributed by atoms with E-state index in [1.54, 1.807) is 11.3 Å². The second-order valence-electron chi connectivity index (χ2n) is 5.59. The molecule has 2 unspecified atom stereocenters. The first-order chi connectivity index (χ1) is 8.81. The molecule has 0 saturated heterocycles. The number of nitrogens with zero attached hydrogens (tertiary/aromatic N) is 2. The highest BCUT2D eigenvalue weighted by molar-refractivity contribution is 7.15. The molecule has 2 atom stereocenters. The zero-order chi connectivity index (χ0) is 12.4. The molecule has 0 aromatic carbocycles. The van der Waals surface area contributed by atoms with Crippen LogP contribution in [0, 0.1) is 11.8 Å². The second-order valence-corrected chi connectivity index (χ2v) is 6.47. The normalized spacial score (nSPS) is 24.7. The van der Waals surface area contributed by atoms with Crippen molar-refractivity contribution in [1.82, 2.24) is 14.7 Å². The monoisotopic (exact) mass is 263 g/mol. The average molecular weight is 263 g/mol. The SMILES string of the molecule is CC1CCCC(CNCc2cn3ccsc3n2)C1. The van der Waals surface area contributed by atoms with Crippen LogP contribution in [0.1, 0.15) is 38.3 Å². The fourth-order valence-corrected chi connectivity index (χ4v) is 3.73. The van der Waals surface area contributed by atoms with Crippen LogP contribution >= 0.6 is 11.3 Å². The third-order valence-electron chi connectivity index (χ3n) is 3.93. The summed E-state index contributed by atoms with van der Waals surface area (Å²) in [6, 6.07) is 0. The van der Waals surface area contributed by atoms with Crippen LogP contribution in [-0.2, 0) is 6.54 Å². The van der Waals surface area contributed by atoms with Crippen LogP contribution in [0.2, 0.25) is 0 Å². The van der Waals surface area contributed by atoms with E-state index in [4.69, 9.17) is 0 Å². The summed E-state index contributed by atoms with van der Waals surface area (Å²) in [5.41, 5.74) is 1.16. The smallest absolute Gasteiger partial charge is 0.193 e. The molecule has 18 heavy (non-hydrogen) atoms. The van der Waals surface area contributed by atoms with E-state index in [0.29, 0.717) is 0 Å². The Bertz CT molecular complexity index is 473. The summed E-state index contributed by atoms with van der Waals surface area (Å²) in [4.78, 5) is 5.68. The van der Waals surface area contributed by atoms with E-state index >= 15 is 0 Å². The first-order valence-electron chi connectivity index (χ1n) is 6.93. The van der Waals surface area contributed by atoms with Crippen molar-refractivity contribution < 1.29 is 0 Å². The van der Waals surface area contributed by atoms with Gasteiger partial charge in [0.05, 0.1) is 5.69 Å². The Hall–Kier alpha value is -0.870.